The van der Waals surface area contributed by atoms with Crippen molar-refractivity contribution in [3.05, 3.63) is 47.2 Å². The molecule has 4 aliphatic rings. The highest BCUT2D eigenvalue weighted by molar-refractivity contribution is 5.92. The summed E-state index contributed by atoms with van der Waals surface area (Å²) < 4.78 is 5.41. The third-order valence-electron chi connectivity index (χ3n) is 7.36. The minimum Gasteiger partial charge on any atom is -0.479 e. The first kappa shape index (κ1) is 24.9. The Labute approximate surface area is 201 Å². The topological polar surface area (TPSA) is 160 Å². The van der Waals surface area contributed by atoms with Crippen LogP contribution in [0.15, 0.2) is 35.9 Å². The van der Waals surface area contributed by atoms with E-state index in [1.54, 1.807) is 0 Å². The smallest absolute Gasteiger partial charge is 0.335 e. The first-order valence-corrected chi connectivity index (χ1v) is 11.6. The SMILES string of the molecule is CCC1=C[C@H]2CN3CCc4c([nH]c5ccccc45)[C@](C(=O)OC)(C2)[C@H]13.O=C(O)[C@@H](O)[C@H](O)C(=O)O. The van der Waals surface area contributed by atoms with Gasteiger partial charge in [-0.1, -0.05) is 36.8 Å². The lowest BCUT2D eigenvalue weighted by molar-refractivity contribution is -0.165. The van der Waals surface area contributed by atoms with E-state index in [0.29, 0.717) is 5.92 Å². The van der Waals surface area contributed by atoms with Gasteiger partial charge in [-0.15, -0.1) is 0 Å². The number of piperidine rings is 1. The number of carboxylic acid groups (broad SMARTS) is 2. The molecule has 1 aliphatic carbocycles. The summed E-state index contributed by atoms with van der Waals surface area (Å²) in [6.45, 7) is 4.28. The highest BCUT2D eigenvalue weighted by Gasteiger charge is 2.60. The van der Waals surface area contributed by atoms with Gasteiger partial charge in [-0.3, -0.25) is 9.69 Å². The van der Waals surface area contributed by atoms with E-state index in [0.717, 1.165) is 43.6 Å². The van der Waals surface area contributed by atoms with Crippen LogP contribution in [0.1, 0.15) is 31.0 Å². The quantitative estimate of drug-likeness (QED) is 0.307. The lowest BCUT2D eigenvalue weighted by Gasteiger charge is -2.53. The van der Waals surface area contributed by atoms with Crippen molar-refractivity contribution in [1.29, 1.82) is 0 Å². The molecule has 1 saturated heterocycles. The maximum absolute atomic E-state index is 13.2. The predicted molar refractivity (Wildman–Crippen MR) is 125 cm³/mol. The lowest BCUT2D eigenvalue weighted by Crippen LogP contribution is -2.63. The Kier molecular flexibility index (Phi) is 6.72. The van der Waals surface area contributed by atoms with E-state index in [1.807, 2.05) is 0 Å². The molecule has 0 saturated carbocycles. The molecule has 6 rings (SSSR count). The van der Waals surface area contributed by atoms with Gasteiger partial charge in [0.1, 0.15) is 5.41 Å². The van der Waals surface area contributed by atoms with Crippen molar-refractivity contribution >= 4 is 28.8 Å². The molecule has 10 nitrogen and oxygen atoms in total. The average Bonchev–Trinajstić information content (AvgIpc) is 3.20. The van der Waals surface area contributed by atoms with Crippen LogP contribution < -0.4 is 0 Å². The number of aliphatic carboxylic acids is 2. The molecule has 4 bridgehead atoms. The molecule has 1 unspecified atom stereocenters. The van der Waals surface area contributed by atoms with Gasteiger partial charge in [0.2, 0.25) is 0 Å². The number of hydrogen-bond donors (Lipinski definition) is 5. The maximum Gasteiger partial charge on any atom is 0.335 e. The van der Waals surface area contributed by atoms with Crippen molar-refractivity contribution in [1.82, 2.24) is 9.88 Å². The van der Waals surface area contributed by atoms with Crippen LogP contribution >= 0.6 is 0 Å². The second-order valence-electron chi connectivity index (χ2n) is 9.26. The highest BCUT2D eigenvalue weighted by atomic mass is 16.5. The van der Waals surface area contributed by atoms with E-state index in [-0.39, 0.29) is 12.0 Å². The number of aliphatic hydroxyl groups excluding tert-OH is 2. The Morgan fingerprint density at radius 2 is 1.83 bits per heavy atom. The number of hydrogen-bond acceptors (Lipinski definition) is 7. The molecule has 3 aliphatic heterocycles. The number of aromatic amines is 1. The number of nitrogens with one attached hydrogen (secondary N) is 1. The lowest BCUT2D eigenvalue weighted by atomic mass is 9.60. The number of carbonyl (C=O) groups is 3. The molecule has 5 N–H and O–H groups in total. The Bertz CT molecular complexity index is 1170. The van der Waals surface area contributed by atoms with Crippen molar-refractivity contribution in [3.63, 3.8) is 0 Å². The van der Waals surface area contributed by atoms with E-state index in [2.05, 4.69) is 47.1 Å². The summed E-state index contributed by atoms with van der Waals surface area (Å²) in [6, 6.07) is 8.56. The van der Waals surface area contributed by atoms with E-state index < -0.39 is 29.6 Å². The van der Waals surface area contributed by atoms with E-state index in [4.69, 9.17) is 25.2 Å². The van der Waals surface area contributed by atoms with Crippen LogP contribution in [-0.4, -0.2) is 86.7 Å². The Balaban J connectivity index is 0.000000248. The van der Waals surface area contributed by atoms with E-state index in [1.165, 1.54) is 23.6 Å². The first-order valence-electron chi connectivity index (χ1n) is 11.6. The summed E-state index contributed by atoms with van der Waals surface area (Å²) in [6.07, 6.45) is 0.722. The van der Waals surface area contributed by atoms with Crippen LogP contribution in [0.25, 0.3) is 10.9 Å². The molecule has 10 heteroatoms. The number of rotatable bonds is 5. The molecule has 0 spiro atoms. The van der Waals surface area contributed by atoms with E-state index in [9.17, 15) is 14.4 Å². The summed E-state index contributed by atoms with van der Waals surface area (Å²) >= 11 is 0. The Morgan fingerprint density at radius 1 is 1.17 bits per heavy atom. The van der Waals surface area contributed by atoms with Crippen molar-refractivity contribution < 1.29 is 39.5 Å². The minimum absolute atomic E-state index is 0.0824. The molecule has 4 heterocycles. The van der Waals surface area contributed by atoms with Gasteiger partial charge in [-0.05, 0) is 36.8 Å². The third kappa shape index (κ3) is 4.01. The molecule has 188 valence electrons. The van der Waals surface area contributed by atoms with Gasteiger partial charge in [-0.2, -0.15) is 0 Å². The number of H-pyrrole nitrogens is 1. The van der Waals surface area contributed by atoms with Gasteiger partial charge >= 0.3 is 17.9 Å². The standard InChI is InChI=1S/C21H24N2O2.C4H6O6/c1-3-14-10-13-11-21(20(24)25-2)18-16(8-9-23(12-13)19(14)21)15-6-4-5-7-17(15)22-18;5-1(3(7)8)2(6)4(9)10/h4-7,10,13,19,22H,3,8-9,11-12H2,1-2H3;1-2,5-6H,(H,7,8)(H,9,10)/t13-,19+,21-;1-,2-/m10/s1. The van der Waals surface area contributed by atoms with Gasteiger partial charge in [0.05, 0.1) is 13.2 Å². The van der Waals surface area contributed by atoms with Gasteiger partial charge in [0, 0.05) is 29.7 Å². The Hall–Kier alpha value is -3.21. The zero-order valence-corrected chi connectivity index (χ0v) is 19.6. The number of esters is 1. The number of nitrogens with zero attached hydrogens (tertiary/aromatic N) is 1. The number of methoxy groups -OCH3 is 1. The highest BCUT2D eigenvalue weighted by Crippen LogP contribution is 2.53. The predicted octanol–water partition coefficient (Wildman–Crippen LogP) is 1.05. The van der Waals surface area contributed by atoms with Crippen LogP contribution in [0.5, 0.6) is 0 Å². The fourth-order valence-corrected chi connectivity index (χ4v) is 5.98. The molecular formula is C25H30N2O8. The van der Waals surface area contributed by atoms with Crippen LogP contribution in [0, 0.1) is 5.92 Å². The van der Waals surface area contributed by atoms with Crippen molar-refractivity contribution in [2.45, 2.75) is 49.9 Å². The van der Waals surface area contributed by atoms with Crippen LogP contribution in [0.4, 0.5) is 0 Å². The van der Waals surface area contributed by atoms with Crippen LogP contribution in [-0.2, 0) is 31.0 Å². The fourth-order valence-electron chi connectivity index (χ4n) is 5.98. The minimum atomic E-state index is -2.27. The van der Waals surface area contributed by atoms with E-state index >= 15 is 0 Å². The first-order chi connectivity index (χ1) is 16.6. The summed E-state index contributed by atoms with van der Waals surface area (Å²) in [7, 11) is 1.53. The summed E-state index contributed by atoms with van der Waals surface area (Å²) in [5.41, 5.74) is 4.36. The summed E-state index contributed by atoms with van der Waals surface area (Å²) in [4.78, 5) is 39.0. The number of ether oxygens (including phenoxy) is 1. The second kappa shape index (κ2) is 9.44. The van der Waals surface area contributed by atoms with Crippen molar-refractivity contribution in [3.8, 4) is 0 Å². The fraction of sp³-hybridized carbons (Fsp3) is 0.480. The Morgan fingerprint density at radius 3 is 2.43 bits per heavy atom. The monoisotopic (exact) mass is 486 g/mol. The number of para-hydroxylation sites is 1. The molecule has 6 atom stereocenters. The molecule has 1 fully saturated rings. The molecule has 1 aromatic heterocycles. The van der Waals surface area contributed by atoms with Gasteiger partial charge < -0.3 is 30.1 Å². The third-order valence-corrected chi connectivity index (χ3v) is 7.36. The van der Waals surface area contributed by atoms with Crippen molar-refractivity contribution in [2.75, 3.05) is 20.2 Å². The number of carboxylic acids is 2. The normalized spacial score (nSPS) is 28.0. The molecular weight excluding hydrogens is 456 g/mol. The number of aromatic nitrogens is 1. The number of aliphatic hydroxyl groups is 2. The van der Waals surface area contributed by atoms with Crippen LogP contribution in [0.2, 0.25) is 0 Å². The van der Waals surface area contributed by atoms with Gasteiger partial charge in [0.25, 0.3) is 0 Å². The molecule has 0 amide bonds. The molecule has 1 aromatic carbocycles. The van der Waals surface area contributed by atoms with Crippen molar-refractivity contribution in [2.24, 2.45) is 5.92 Å². The van der Waals surface area contributed by atoms with Crippen LogP contribution in [0.3, 0.4) is 0 Å². The summed E-state index contributed by atoms with van der Waals surface area (Å²) in [5.74, 6) is -3.19. The van der Waals surface area contributed by atoms with Gasteiger partial charge in [-0.25, -0.2) is 9.59 Å². The number of carbonyl (C=O) groups excluding carboxylic acids is 1. The molecule has 0 radical (unpaired) electrons. The zero-order valence-electron chi connectivity index (χ0n) is 19.6. The van der Waals surface area contributed by atoms with Gasteiger partial charge in [0.15, 0.2) is 12.2 Å². The molecule has 2 aromatic rings. The average molecular weight is 487 g/mol. The molecule has 35 heavy (non-hydrogen) atoms. The number of fused-ring (bicyclic) bond motifs is 3. The largest absolute Gasteiger partial charge is 0.479 e. The summed E-state index contributed by atoms with van der Waals surface area (Å²) in [5, 5.41) is 33.8. The number of benzene rings is 1. The second-order valence-corrected chi connectivity index (χ2v) is 9.26. The maximum atomic E-state index is 13.2. The zero-order chi connectivity index (χ0) is 25.5.